The van der Waals surface area contributed by atoms with Crippen LogP contribution in [0.2, 0.25) is 0 Å². The Kier molecular flexibility index (Phi) is 6.74. The average molecular weight is 265 g/mol. The number of benzene rings is 1. The number of amides is 1. The van der Waals surface area contributed by atoms with Gasteiger partial charge >= 0.3 is 0 Å². The molecule has 0 aliphatic carbocycles. The van der Waals surface area contributed by atoms with Crippen molar-refractivity contribution >= 4 is 17.3 Å². The number of nitrogens with one attached hydrogen (secondary N) is 3. The van der Waals surface area contributed by atoms with E-state index in [-0.39, 0.29) is 5.91 Å². The van der Waals surface area contributed by atoms with Crippen molar-refractivity contribution in [1.29, 1.82) is 0 Å². The molecular weight excluding hydrogens is 242 g/mol. The monoisotopic (exact) mass is 265 g/mol. The van der Waals surface area contributed by atoms with E-state index in [0.29, 0.717) is 0 Å². The smallest absolute Gasteiger partial charge is 0.221 e. The molecule has 1 aromatic carbocycles. The Balaban J connectivity index is 2.63. The molecule has 0 atom stereocenters. The molecule has 1 rings (SSSR count). The van der Waals surface area contributed by atoms with E-state index < -0.39 is 0 Å². The summed E-state index contributed by atoms with van der Waals surface area (Å²) < 4.78 is 5.19. The van der Waals surface area contributed by atoms with Crippen molar-refractivity contribution in [3.63, 3.8) is 0 Å². The van der Waals surface area contributed by atoms with Crippen molar-refractivity contribution in [2.75, 3.05) is 37.4 Å². The highest BCUT2D eigenvalue weighted by molar-refractivity contribution is 5.92. The third-order valence-electron chi connectivity index (χ3n) is 2.58. The maximum atomic E-state index is 11.2. The van der Waals surface area contributed by atoms with E-state index in [1.807, 2.05) is 18.2 Å². The Hall–Kier alpha value is -1.75. The lowest BCUT2D eigenvalue weighted by Crippen LogP contribution is -2.23. The maximum absolute atomic E-state index is 11.2. The summed E-state index contributed by atoms with van der Waals surface area (Å²) in [6, 6.07) is 5.54. The van der Waals surface area contributed by atoms with E-state index in [1.54, 1.807) is 7.11 Å². The van der Waals surface area contributed by atoms with Crippen molar-refractivity contribution in [1.82, 2.24) is 5.32 Å². The zero-order valence-corrected chi connectivity index (χ0v) is 11.9. The molecule has 19 heavy (non-hydrogen) atoms. The number of carbonyl (C=O) groups excluding carboxylic acids is 1. The van der Waals surface area contributed by atoms with Crippen molar-refractivity contribution in [3.05, 3.63) is 18.2 Å². The van der Waals surface area contributed by atoms with Crippen LogP contribution in [0.15, 0.2) is 18.2 Å². The van der Waals surface area contributed by atoms with Crippen LogP contribution in [0.1, 0.15) is 20.3 Å². The normalized spacial score (nSPS) is 10.1. The standard InChI is InChI=1S/C14H23N3O2/c1-4-7-15-8-9-16-14-10-12(19-3)5-6-13(14)17-11(2)18/h5-6,10,15-16H,4,7-9H2,1-3H3,(H,17,18). The molecule has 0 aromatic heterocycles. The van der Waals surface area contributed by atoms with Crippen LogP contribution in [0.4, 0.5) is 11.4 Å². The van der Waals surface area contributed by atoms with Gasteiger partial charge in [-0.1, -0.05) is 6.92 Å². The summed E-state index contributed by atoms with van der Waals surface area (Å²) in [5.74, 6) is 0.676. The van der Waals surface area contributed by atoms with Crippen molar-refractivity contribution < 1.29 is 9.53 Å². The van der Waals surface area contributed by atoms with Gasteiger partial charge in [-0.3, -0.25) is 4.79 Å². The second kappa shape index (κ2) is 8.37. The van der Waals surface area contributed by atoms with E-state index in [2.05, 4.69) is 22.9 Å². The fourth-order valence-electron chi connectivity index (χ4n) is 1.68. The maximum Gasteiger partial charge on any atom is 0.221 e. The van der Waals surface area contributed by atoms with Crippen LogP contribution < -0.4 is 20.7 Å². The molecule has 1 amide bonds. The number of hydrogen-bond acceptors (Lipinski definition) is 4. The van der Waals surface area contributed by atoms with E-state index in [4.69, 9.17) is 4.74 Å². The number of anilines is 2. The molecule has 3 N–H and O–H groups in total. The Morgan fingerprint density at radius 2 is 2.00 bits per heavy atom. The molecule has 0 unspecified atom stereocenters. The minimum absolute atomic E-state index is 0.0858. The second-order valence-electron chi connectivity index (χ2n) is 4.27. The Bertz CT molecular complexity index is 408. The van der Waals surface area contributed by atoms with E-state index in [0.717, 1.165) is 43.2 Å². The summed E-state index contributed by atoms with van der Waals surface area (Å²) in [5, 5.41) is 9.41. The van der Waals surface area contributed by atoms with Gasteiger partial charge in [0.05, 0.1) is 18.5 Å². The van der Waals surface area contributed by atoms with Gasteiger partial charge in [0.1, 0.15) is 5.75 Å². The molecule has 0 fully saturated rings. The summed E-state index contributed by atoms with van der Waals surface area (Å²) in [7, 11) is 1.62. The van der Waals surface area contributed by atoms with Gasteiger partial charge in [-0.05, 0) is 25.1 Å². The Morgan fingerprint density at radius 1 is 1.21 bits per heavy atom. The minimum atomic E-state index is -0.0858. The molecule has 0 spiro atoms. The second-order valence-corrected chi connectivity index (χ2v) is 4.27. The van der Waals surface area contributed by atoms with Crippen LogP contribution in [0.25, 0.3) is 0 Å². The first-order valence-electron chi connectivity index (χ1n) is 6.57. The SMILES string of the molecule is CCCNCCNc1cc(OC)ccc1NC(C)=O. The molecule has 5 nitrogen and oxygen atoms in total. The molecular formula is C14H23N3O2. The number of methoxy groups -OCH3 is 1. The zero-order valence-electron chi connectivity index (χ0n) is 11.9. The molecule has 1 aromatic rings. The first kappa shape index (κ1) is 15.3. The molecule has 0 radical (unpaired) electrons. The van der Waals surface area contributed by atoms with Crippen LogP contribution in [-0.4, -0.2) is 32.7 Å². The third-order valence-corrected chi connectivity index (χ3v) is 2.58. The highest BCUT2D eigenvalue weighted by Gasteiger charge is 2.05. The lowest BCUT2D eigenvalue weighted by Gasteiger charge is -2.14. The number of carbonyl (C=O) groups is 1. The topological polar surface area (TPSA) is 62.4 Å². The quantitative estimate of drug-likeness (QED) is 0.630. The predicted octanol–water partition coefficient (Wildman–Crippen LogP) is 2.07. The molecule has 106 valence electrons. The van der Waals surface area contributed by atoms with Gasteiger partial charge in [0, 0.05) is 26.1 Å². The highest BCUT2D eigenvalue weighted by Crippen LogP contribution is 2.26. The summed E-state index contributed by atoms with van der Waals surface area (Å²) in [6.07, 6.45) is 1.12. The molecule has 0 saturated heterocycles. The van der Waals surface area contributed by atoms with Crippen LogP contribution in [-0.2, 0) is 4.79 Å². The highest BCUT2D eigenvalue weighted by atomic mass is 16.5. The van der Waals surface area contributed by atoms with Gasteiger partial charge in [0.2, 0.25) is 5.91 Å². The van der Waals surface area contributed by atoms with Crippen LogP contribution in [0, 0.1) is 0 Å². The van der Waals surface area contributed by atoms with Gasteiger partial charge in [-0.15, -0.1) is 0 Å². The van der Waals surface area contributed by atoms with Gasteiger partial charge < -0.3 is 20.7 Å². The van der Waals surface area contributed by atoms with Crippen LogP contribution in [0.5, 0.6) is 5.75 Å². The molecule has 0 aliphatic rings. The summed E-state index contributed by atoms with van der Waals surface area (Å²) in [6.45, 7) is 6.32. The number of rotatable bonds is 8. The molecule has 0 aliphatic heterocycles. The number of ether oxygens (including phenoxy) is 1. The summed E-state index contributed by atoms with van der Waals surface area (Å²) in [4.78, 5) is 11.2. The summed E-state index contributed by atoms with van der Waals surface area (Å²) in [5.41, 5.74) is 1.64. The Labute approximate surface area is 114 Å². The average Bonchev–Trinajstić information content (AvgIpc) is 2.39. The van der Waals surface area contributed by atoms with E-state index in [1.165, 1.54) is 6.92 Å². The first-order chi connectivity index (χ1) is 9.17. The lowest BCUT2D eigenvalue weighted by molar-refractivity contribution is -0.114. The molecule has 5 heteroatoms. The van der Waals surface area contributed by atoms with Gasteiger partial charge in [-0.25, -0.2) is 0 Å². The Morgan fingerprint density at radius 3 is 2.63 bits per heavy atom. The molecule has 0 bridgehead atoms. The first-order valence-corrected chi connectivity index (χ1v) is 6.57. The van der Waals surface area contributed by atoms with Crippen molar-refractivity contribution in [2.45, 2.75) is 20.3 Å². The van der Waals surface area contributed by atoms with Gasteiger partial charge in [0.25, 0.3) is 0 Å². The van der Waals surface area contributed by atoms with Crippen LogP contribution in [0.3, 0.4) is 0 Å². The molecule has 0 saturated carbocycles. The molecule has 0 heterocycles. The van der Waals surface area contributed by atoms with Crippen molar-refractivity contribution in [3.8, 4) is 5.75 Å². The third kappa shape index (κ3) is 5.61. The van der Waals surface area contributed by atoms with E-state index >= 15 is 0 Å². The fraction of sp³-hybridized carbons (Fsp3) is 0.500. The largest absolute Gasteiger partial charge is 0.497 e. The van der Waals surface area contributed by atoms with Crippen LogP contribution >= 0.6 is 0 Å². The fourth-order valence-corrected chi connectivity index (χ4v) is 1.68. The van der Waals surface area contributed by atoms with Gasteiger partial charge in [-0.2, -0.15) is 0 Å². The van der Waals surface area contributed by atoms with Gasteiger partial charge in [0.15, 0.2) is 0 Å². The summed E-state index contributed by atoms with van der Waals surface area (Å²) >= 11 is 0. The number of hydrogen-bond donors (Lipinski definition) is 3. The van der Waals surface area contributed by atoms with E-state index in [9.17, 15) is 4.79 Å². The van der Waals surface area contributed by atoms with Crippen molar-refractivity contribution in [2.24, 2.45) is 0 Å². The zero-order chi connectivity index (χ0) is 14.1. The lowest BCUT2D eigenvalue weighted by atomic mass is 10.2. The predicted molar refractivity (Wildman–Crippen MR) is 78.9 cm³/mol. The minimum Gasteiger partial charge on any atom is -0.497 e.